The highest BCUT2D eigenvalue weighted by Gasteiger charge is 2.23. The maximum Gasteiger partial charge on any atom is 0.225 e. The molecule has 0 saturated heterocycles. The van der Waals surface area contributed by atoms with Crippen LogP contribution in [0.3, 0.4) is 0 Å². The summed E-state index contributed by atoms with van der Waals surface area (Å²) in [5, 5.41) is 3.69. The molecule has 22 heavy (non-hydrogen) atoms. The molecule has 0 heterocycles. The standard InChI is InChI=1S/C18H21ClN2O/c1-12(17(20)15-6-4-3-5-7-15)18(22)21-13(2)14-8-10-16(19)11-9-14/h3-13,17H,20H2,1-2H3,(H,21,22). The first-order valence-electron chi connectivity index (χ1n) is 7.35. The fraction of sp³-hybridized carbons (Fsp3) is 0.278. The molecule has 3 unspecified atom stereocenters. The van der Waals surface area contributed by atoms with Gasteiger partial charge in [0.2, 0.25) is 5.91 Å². The summed E-state index contributed by atoms with van der Waals surface area (Å²) in [6, 6.07) is 16.7. The minimum absolute atomic E-state index is 0.0567. The zero-order valence-electron chi connectivity index (χ0n) is 12.8. The molecular weight excluding hydrogens is 296 g/mol. The monoisotopic (exact) mass is 316 g/mol. The molecule has 116 valence electrons. The van der Waals surface area contributed by atoms with E-state index in [2.05, 4.69) is 5.32 Å². The van der Waals surface area contributed by atoms with Gasteiger partial charge >= 0.3 is 0 Å². The number of nitrogens with two attached hydrogens (primary N) is 1. The van der Waals surface area contributed by atoms with E-state index in [0.29, 0.717) is 5.02 Å². The third kappa shape index (κ3) is 4.09. The third-order valence-electron chi connectivity index (χ3n) is 3.87. The molecule has 0 saturated carbocycles. The smallest absolute Gasteiger partial charge is 0.225 e. The van der Waals surface area contributed by atoms with Gasteiger partial charge in [0, 0.05) is 11.1 Å². The summed E-state index contributed by atoms with van der Waals surface area (Å²) in [7, 11) is 0. The zero-order valence-corrected chi connectivity index (χ0v) is 13.5. The Kier molecular flexibility index (Phi) is 5.58. The predicted molar refractivity (Wildman–Crippen MR) is 90.5 cm³/mol. The van der Waals surface area contributed by atoms with Crippen molar-refractivity contribution in [3.8, 4) is 0 Å². The van der Waals surface area contributed by atoms with Crippen molar-refractivity contribution in [1.29, 1.82) is 0 Å². The first-order valence-corrected chi connectivity index (χ1v) is 7.73. The van der Waals surface area contributed by atoms with Gasteiger partial charge in [-0.15, -0.1) is 0 Å². The van der Waals surface area contributed by atoms with Gasteiger partial charge in [-0.3, -0.25) is 4.79 Å². The molecule has 0 aliphatic carbocycles. The molecule has 0 aliphatic rings. The molecule has 0 radical (unpaired) electrons. The summed E-state index contributed by atoms with van der Waals surface area (Å²) < 4.78 is 0. The minimum Gasteiger partial charge on any atom is -0.349 e. The van der Waals surface area contributed by atoms with Crippen molar-refractivity contribution < 1.29 is 4.79 Å². The highest BCUT2D eigenvalue weighted by Crippen LogP contribution is 2.21. The van der Waals surface area contributed by atoms with Crippen LogP contribution in [0, 0.1) is 5.92 Å². The summed E-state index contributed by atoms with van der Waals surface area (Å²) in [6.07, 6.45) is 0. The fourth-order valence-corrected chi connectivity index (χ4v) is 2.43. The van der Waals surface area contributed by atoms with E-state index in [4.69, 9.17) is 17.3 Å². The molecular formula is C18H21ClN2O. The molecule has 4 heteroatoms. The Morgan fingerprint density at radius 3 is 2.18 bits per heavy atom. The molecule has 0 aliphatic heterocycles. The molecule has 0 fully saturated rings. The van der Waals surface area contributed by atoms with Crippen LogP contribution in [0.25, 0.3) is 0 Å². The van der Waals surface area contributed by atoms with Crippen LogP contribution in [-0.4, -0.2) is 5.91 Å². The van der Waals surface area contributed by atoms with E-state index in [1.807, 2.05) is 68.4 Å². The minimum atomic E-state index is -0.321. The Morgan fingerprint density at radius 2 is 1.59 bits per heavy atom. The maximum absolute atomic E-state index is 12.4. The third-order valence-corrected chi connectivity index (χ3v) is 4.12. The number of carbonyl (C=O) groups excluding carboxylic acids is 1. The zero-order chi connectivity index (χ0) is 16.1. The van der Waals surface area contributed by atoms with Crippen molar-refractivity contribution in [1.82, 2.24) is 5.32 Å². The van der Waals surface area contributed by atoms with Gasteiger partial charge in [0.25, 0.3) is 0 Å². The molecule has 0 spiro atoms. The lowest BCUT2D eigenvalue weighted by molar-refractivity contribution is -0.125. The number of halogens is 1. The van der Waals surface area contributed by atoms with Crippen molar-refractivity contribution in [2.24, 2.45) is 11.7 Å². The van der Waals surface area contributed by atoms with Crippen LogP contribution in [0.5, 0.6) is 0 Å². The molecule has 2 aromatic rings. The first-order chi connectivity index (χ1) is 10.5. The normalized spacial score (nSPS) is 14.9. The van der Waals surface area contributed by atoms with E-state index < -0.39 is 0 Å². The van der Waals surface area contributed by atoms with Crippen LogP contribution in [-0.2, 0) is 4.79 Å². The topological polar surface area (TPSA) is 55.1 Å². The van der Waals surface area contributed by atoms with Gasteiger partial charge in [0.05, 0.1) is 12.0 Å². The van der Waals surface area contributed by atoms with Gasteiger partial charge in [-0.1, -0.05) is 61.0 Å². The number of nitrogens with one attached hydrogen (secondary N) is 1. The van der Waals surface area contributed by atoms with E-state index in [1.165, 1.54) is 0 Å². The van der Waals surface area contributed by atoms with E-state index in [1.54, 1.807) is 0 Å². The van der Waals surface area contributed by atoms with Crippen LogP contribution in [0.15, 0.2) is 54.6 Å². The summed E-state index contributed by atoms with van der Waals surface area (Å²) in [4.78, 5) is 12.4. The second kappa shape index (κ2) is 7.43. The molecule has 3 nitrogen and oxygen atoms in total. The van der Waals surface area contributed by atoms with Gasteiger partial charge in [-0.25, -0.2) is 0 Å². The quantitative estimate of drug-likeness (QED) is 0.880. The van der Waals surface area contributed by atoms with Gasteiger partial charge in [-0.05, 0) is 30.2 Å². The Bertz CT molecular complexity index is 613. The van der Waals surface area contributed by atoms with E-state index in [-0.39, 0.29) is 23.9 Å². The van der Waals surface area contributed by atoms with Gasteiger partial charge < -0.3 is 11.1 Å². The van der Waals surface area contributed by atoms with Crippen molar-refractivity contribution in [2.75, 3.05) is 0 Å². The number of carbonyl (C=O) groups is 1. The average molecular weight is 317 g/mol. The Morgan fingerprint density at radius 1 is 1.00 bits per heavy atom. The first kappa shape index (κ1) is 16.5. The van der Waals surface area contributed by atoms with Crippen LogP contribution in [0.2, 0.25) is 5.02 Å². The Hall–Kier alpha value is -1.84. The number of hydrogen-bond donors (Lipinski definition) is 2. The highest BCUT2D eigenvalue weighted by atomic mass is 35.5. The summed E-state index contributed by atoms with van der Waals surface area (Å²) in [5.74, 6) is -0.365. The second-order valence-corrected chi connectivity index (χ2v) is 5.94. The van der Waals surface area contributed by atoms with Crippen molar-refractivity contribution >= 4 is 17.5 Å². The number of rotatable bonds is 5. The summed E-state index contributed by atoms with van der Waals surface area (Å²) >= 11 is 5.88. The van der Waals surface area contributed by atoms with Crippen molar-refractivity contribution in [2.45, 2.75) is 25.9 Å². The number of amides is 1. The molecule has 0 aromatic heterocycles. The molecule has 0 bridgehead atoms. The maximum atomic E-state index is 12.4. The lowest BCUT2D eigenvalue weighted by Gasteiger charge is -2.22. The van der Waals surface area contributed by atoms with Crippen molar-refractivity contribution in [3.05, 3.63) is 70.7 Å². The Labute approximate surface area is 136 Å². The fourth-order valence-electron chi connectivity index (χ4n) is 2.31. The number of benzene rings is 2. The van der Waals surface area contributed by atoms with Gasteiger partial charge in [0.1, 0.15) is 0 Å². The molecule has 1 amide bonds. The Balaban J connectivity index is 2.00. The predicted octanol–water partition coefficient (Wildman–Crippen LogP) is 3.85. The average Bonchev–Trinajstić information content (AvgIpc) is 2.54. The van der Waals surface area contributed by atoms with Gasteiger partial charge in [-0.2, -0.15) is 0 Å². The van der Waals surface area contributed by atoms with E-state index >= 15 is 0 Å². The van der Waals surface area contributed by atoms with E-state index in [0.717, 1.165) is 11.1 Å². The van der Waals surface area contributed by atoms with Crippen LogP contribution in [0.1, 0.15) is 37.1 Å². The molecule has 3 atom stereocenters. The van der Waals surface area contributed by atoms with Gasteiger partial charge in [0.15, 0.2) is 0 Å². The van der Waals surface area contributed by atoms with Crippen LogP contribution >= 0.6 is 11.6 Å². The summed E-state index contributed by atoms with van der Waals surface area (Å²) in [5.41, 5.74) is 8.17. The summed E-state index contributed by atoms with van der Waals surface area (Å²) in [6.45, 7) is 3.80. The van der Waals surface area contributed by atoms with Crippen LogP contribution < -0.4 is 11.1 Å². The highest BCUT2D eigenvalue weighted by molar-refractivity contribution is 6.30. The second-order valence-electron chi connectivity index (χ2n) is 5.51. The number of hydrogen-bond acceptors (Lipinski definition) is 2. The SMILES string of the molecule is CC(NC(=O)C(C)C(N)c1ccccc1)c1ccc(Cl)cc1. The van der Waals surface area contributed by atoms with E-state index in [9.17, 15) is 4.79 Å². The lowest BCUT2D eigenvalue weighted by Crippen LogP contribution is -2.36. The van der Waals surface area contributed by atoms with Crippen LogP contribution in [0.4, 0.5) is 0 Å². The molecule has 2 rings (SSSR count). The molecule has 3 N–H and O–H groups in total. The van der Waals surface area contributed by atoms with Crippen molar-refractivity contribution in [3.63, 3.8) is 0 Å². The molecule has 2 aromatic carbocycles. The lowest BCUT2D eigenvalue weighted by atomic mass is 9.94. The largest absolute Gasteiger partial charge is 0.349 e.